The van der Waals surface area contributed by atoms with Gasteiger partial charge in [0.1, 0.15) is 10.8 Å². The average molecular weight is 369 g/mol. The van der Waals surface area contributed by atoms with Gasteiger partial charge in [-0.2, -0.15) is 0 Å². The van der Waals surface area contributed by atoms with Crippen molar-refractivity contribution in [3.05, 3.63) is 46.3 Å². The maximum Gasteiger partial charge on any atom is 0.223 e. The molecular weight excluding hydrogens is 346 g/mol. The molecule has 1 amide bonds. The summed E-state index contributed by atoms with van der Waals surface area (Å²) in [6.07, 6.45) is 4.39. The fraction of sp³-hybridized carbons (Fsp3) is 0.450. The molecule has 3 heterocycles. The lowest BCUT2D eigenvalue weighted by atomic mass is 10.0. The molecule has 1 saturated heterocycles. The van der Waals surface area contributed by atoms with E-state index in [-0.39, 0.29) is 11.9 Å². The highest BCUT2D eigenvalue weighted by molar-refractivity contribution is 7.18. The number of aryl methyl sites for hydroxylation is 2. The van der Waals surface area contributed by atoms with Crippen LogP contribution < -0.4 is 0 Å². The highest BCUT2D eigenvalue weighted by Gasteiger charge is 2.30. The van der Waals surface area contributed by atoms with Crippen LogP contribution in [0.4, 0.5) is 0 Å². The van der Waals surface area contributed by atoms with Crippen molar-refractivity contribution < 1.29 is 9.32 Å². The molecule has 6 heteroatoms. The molecular formula is C20H23N3O2S. The summed E-state index contributed by atoms with van der Waals surface area (Å²) in [5.74, 6) is 1.02. The molecule has 136 valence electrons. The Labute approximate surface area is 157 Å². The van der Waals surface area contributed by atoms with Crippen LogP contribution in [0.15, 0.2) is 28.8 Å². The number of amides is 1. The third-order valence-electron chi connectivity index (χ3n) is 5.19. The van der Waals surface area contributed by atoms with Gasteiger partial charge >= 0.3 is 0 Å². The van der Waals surface area contributed by atoms with Gasteiger partial charge in [0.15, 0.2) is 0 Å². The molecule has 0 N–H and O–H groups in total. The summed E-state index contributed by atoms with van der Waals surface area (Å²) in [4.78, 5) is 19.8. The van der Waals surface area contributed by atoms with E-state index in [1.807, 2.05) is 36.9 Å². The first-order valence-corrected chi connectivity index (χ1v) is 10.0. The molecule has 26 heavy (non-hydrogen) atoms. The number of rotatable bonds is 4. The number of fused-ring (bicyclic) bond motifs is 1. The van der Waals surface area contributed by atoms with E-state index in [2.05, 4.69) is 11.2 Å². The fourth-order valence-corrected chi connectivity index (χ4v) is 4.87. The van der Waals surface area contributed by atoms with Crippen LogP contribution in [-0.2, 0) is 11.2 Å². The average Bonchev–Trinajstić information content (AvgIpc) is 3.23. The maximum atomic E-state index is 13.0. The van der Waals surface area contributed by atoms with Crippen molar-refractivity contribution in [2.75, 3.05) is 6.54 Å². The molecule has 0 radical (unpaired) electrons. The minimum atomic E-state index is 0.110. The van der Waals surface area contributed by atoms with Crippen LogP contribution >= 0.6 is 11.3 Å². The summed E-state index contributed by atoms with van der Waals surface area (Å²) >= 11 is 1.72. The summed E-state index contributed by atoms with van der Waals surface area (Å²) < 4.78 is 6.40. The van der Waals surface area contributed by atoms with Crippen LogP contribution in [-0.4, -0.2) is 27.5 Å². The molecule has 1 unspecified atom stereocenters. The van der Waals surface area contributed by atoms with Gasteiger partial charge < -0.3 is 9.42 Å². The van der Waals surface area contributed by atoms with Crippen LogP contribution in [0, 0.1) is 13.8 Å². The molecule has 4 rings (SSSR count). The van der Waals surface area contributed by atoms with Crippen LogP contribution in [0.5, 0.6) is 0 Å². The standard InChI is InChI=1S/C20H23N3O2S/c1-13-15(14(2)25-22-13)10-11-19(24)23-12-6-5-8-17(23)20-21-16-7-3-4-9-18(16)26-20/h3-4,7,9,17H,5-6,8,10-12H2,1-2H3. The maximum absolute atomic E-state index is 13.0. The van der Waals surface area contributed by atoms with Gasteiger partial charge in [0.25, 0.3) is 0 Å². The van der Waals surface area contributed by atoms with Gasteiger partial charge in [-0.05, 0) is 51.7 Å². The molecule has 0 saturated carbocycles. The predicted octanol–water partition coefficient (Wildman–Crippen LogP) is 4.59. The van der Waals surface area contributed by atoms with E-state index in [9.17, 15) is 4.79 Å². The Kier molecular flexibility index (Phi) is 4.76. The van der Waals surface area contributed by atoms with E-state index in [4.69, 9.17) is 9.51 Å². The SMILES string of the molecule is Cc1noc(C)c1CCC(=O)N1CCCCC1c1nc2ccccc2s1. The number of nitrogens with zero attached hydrogens (tertiary/aromatic N) is 3. The molecule has 1 fully saturated rings. The number of thiazole rings is 1. The van der Waals surface area contributed by atoms with E-state index >= 15 is 0 Å². The molecule has 2 aromatic heterocycles. The highest BCUT2D eigenvalue weighted by atomic mass is 32.1. The number of carbonyl (C=O) groups is 1. The second-order valence-electron chi connectivity index (χ2n) is 6.92. The lowest BCUT2D eigenvalue weighted by Gasteiger charge is -2.34. The minimum Gasteiger partial charge on any atom is -0.361 e. The Hall–Kier alpha value is -2.21. The number of para-hydroxylation sites is 1. The second kappa shape index (κ2) is 7.19. The molecule has 1 aliphatic heterocycles. The number of carbonyl (C=O) groups excluding carboxylic acids is 1. The molecule has 1 aromatic carbocycles. The first kappa shape index (κ1) is 17.2. The van der Waals surface area contributed by atoms with Crippen molar-refractivity contribution in [2.45, 2.75) is 52.0 Å². The zero-order valence-corrected chi connectivity index (χ0v) is 16.0. The Morgan fingerprint density at radius 1 is 1.31 bits per heavy atom. The molecule has 0 aliphatic carbocycles. The van der Waals surface area contributed by atoms with Crippen LogP contribution in [0.25, 0.3) is 10.2 Å². The molecule has 5 nitrogen and oxygen atoms in total. The monoisotopic (exact) mass is 369 g/mol. The van der Waals surface area contributed by atoms with Crippen LogP contribution in [0.3, 0.4) is 0 Å². The van der Waals surface area contributed by atoms with E-state index < -0.39 is 0 Å². The van der Waals surface area contributed by atoms with Crippen molar-refractivity contribution in [3.8, 4) is 0 Å². The molecule has 1 atom stereocenters. The zero-order valence-electron chi connectivity index (χ0n) is 15.2. The first-order valence-electron chi connectivity index (χ1n) is 9.20. The Morgan fingerprint density at radius 2 is 2.15 bits per heavy atom. The van der Waals surface area contributed by atoms with Gasteiger partial charge in [0.2, 0.25) is 5.91 Å². The summed E-state index contributed by atoms with van der Waals surface area (Å²) in [5.41, 5.74) is 2.98. The van der Waals surface area contributed by atoms with E-state index in [1.54, 1.807) is 11.3 Å². The second-order valence-corrected chi connectivity index (χ2v) is 7.98. The number of likely N-dealkylation sites (tertiary alicyclic amines) is 1. The van der Waals surface area contributed by atoms with Gasteiger partial charge in [-0.1, -0.05) is 17.3 Å². The highest BCUT2D eigenvalue weighted by Crippen LogP contribution is 2.36. The van der Waals surface area contributed by atoms with E-state index in [0.29, 0.717) is 12.8 Å². The lowest BCUT2D eigenvalue weighted by molar-refractivity contribution is -0.135. The minimum absolute atomic E-state index is 0.110. The van der Waals surface area contributed by atoms with Crippen molar-refractivity contribution in [2.24, 2.45) is 0 Å². The Morgan fingerprint density at radius 3 is 2.92 bits per heavy atom. The smallest absolute Gasteiger partial charge is 0.223 e. The van der Waals surface area contributed by atoms with Gasteiger partial charge in [0.05, 0.1) is 22.0 Å². The first-order chi connectivity index (χ1) is 12.6. The number of hydrogen-bond acceptors (Lipinski definition) is 5. The topological polar surface area (TPSA) is 59.2 Å². The van der Waals surface area contributed by atoms with Crippen LogP contribution in [0.1, 0.15) is 53.8 Å². The third-order valence-corrected chi connectivity index (χ3v) is 6.33. The van der Waals surface area contributed by atoms with Crippen molar-refractivity contribution >= 4 is 27.5 Å². The van der Waals surface area contributed by atoms with Gasteiger partial charge in [-0.3, -0.25) is 4.79 Å². The number of hydrogen-bond donors (Lipinski definition) is 0. The van der Waals surface area contributed by atoms with Gasteiger partial charge in [-0.15, -0.1) is 11.3 Å². The molecule has 0 spiro atoms. The summed E-state index contributed by atoms with van der Waals surface area (Å²) in [7, 11) is 0. The van der Waals surface area contributed by atoms with Crippen molar-refractivity contribution in [1.82, 2.24) is 15.0 Å². The van der Waals surface area contributed by atoms with E-state index in [1.165, 1.54) is 4.70 Å². The quantitative estimate of drug-likeness (QED) is 0.675. The summed E-state index contributed by atoms with van der Waals surface area (Å²) in [6.45, 7) is 4.66. The van der Waals surface area contributed by atoms with Crippen molar-refractivity contribution in [3.63, 3.8) is 0 Å². The summed E-state index contributed by atoms with van der Waals surface area (Å²) in [5, 5.41) is 5.05. The molecule has 3 aromatic rings. The number of aromatic nitrogens is 2. The number of piperidine rings is 1. The molecule has 1 aliphatic rings. The Bertz CT molecular complexity index is 878. The molecule has 0 bridgehead atoms. The largest absolute Gasteiger partial charge is 0.361 e. The van der Waals surface area contributed by atoms with Crippen LogP contribution in [0.2, 0.25) is 0 Å². The fourth-order valence-electron chi connectivity index (χ4n) is 3.75. The number of benzene rings is 1. The van der Waals surface area contributed by atoms with Gasteiger partial charge in [0, 0.05) is 18.5 Å². The van der Waals surface area contributed by atoms with Crippen molar-refractivity contribution in [1.29, 1.82) is 0 Å². The van der Waals surface area contributed by atoms with Gasteiger partial charge in [-0.25, -0.2) is 4.98 Å². The van der Waals surface area contributed by atoms with E-state index in [0.717, 1.165) is 53.3 Å². The predicted molar refractivity (Wildman–Crippen MR) is 102 cm³/mol. The lowest BCUT2D eigenvalue weighted by Crippen LogP contribution is -2.38. The normalized spacial score (nSPS) is 17.8. The Balaban J connectivity index is 1.52. The zero-order chi connectivity index (χ0) is 18.1. The summed E-state index contributed by atoms with van der Waals surface area (Å²) in [6, 6.07) is 8.31. The third kappa shape index (κ3) is 3.26.